The molecule has 2 amide bonds. The molecule has 0 aliphatic heterocycles. The Labute approximate surface area is 203 Å². The summed E-state index contributed by atoms with van der Waals surface area (Å²) in [5.74, 6) is -0.288. The van der Waals surface area contributed by atoms with Crippen LogP contribution in [0, 0.1) is 0 Å². The Morgan fingerprint density at radius 1 is 1.13 bits per heavy atom. The number of nitrogens with one attached hydrogen (secondary N) is 3. The number of ether oxygens (including phenoxy) is 2. The van der Waals surface area contributed by atoms with E-state index in [2.05, 4.69) is 32.1 Å². The van der Waals surface area contributed by atoms with Gasteiger partial charge in [0.25, 0.3) is 11.8 Å². The maximum Gasteiger partial charge on any atom is 0.279 e. The molecule has 0 aromatic heterocycles. The number of rotatable bonds is 7. The van der Waals surface area contributed by atoms with Crippen LogP contribution < -0.4 is 25.6 Å². The fourth-order valence-corrected chi connectivity index (χ4v) is 3.21. The second-order valence-electron chi connectivity index (χ2n) is 6.22. The van der Waals surface area contributed by atoms with Crippen molar-refractivity contribution in [1.82, 2.24) is 16.2 Å². The van der Waals surface area contributed by atoms with Crippen LogP contribution in [0.15, 0.2) is 40.9 Å². The molecule has 0 spiro atoms. The van der Waals surface area contributed by atoms with E-state index in [1.807, 2.05) is 6.92 Å². The lowest BCUT2D eigenvalue weighted by atomic mass is 10.2. The van der Waals surface area contributed by atoms with Crippen LogP contribution in [0.2, 0.25) is 10.0 Å². The summed E-state index contributed by atoms with van der Waals surface area (Å²) in [5.41, 5.74) is 5.13. The van der Waals surface area contributed by atoms with Crippen LogP contribution in [0.25, 0.3) is 0 Å². The molecule has 1 unspecified atom stereocenters. The van der Waals surface area contributed by atoms with Gasteiger partial charge in [0.2, 0.25) is 0 Å². The van der Waals surface area contributed by atoms with Crippen molar-refractivity contribution in [2.75, 3.05) is 6.61 Å². The predicted molar refractivity (Wildman–Crippen MR) is 128 cm³/mol. The van der Waals surface area contributed by atoms with Gasteiger partial charge in [0.05, 0.1) is 17.2 Å². The normalized spacial score (nSPS) is 11.3. The van der Waals surface area contributed by atoms with Gasteiger partial charge in [0, 0.05) is 9.50 Å². The summed E-state index contributed by atoms with van der Waals surface area (Å²) in [5, 5.41) is 3.11. The highest BCUT2D eigenvalue weighted by atomic mass is 79.9. The van der Waals surface area contributed by atoms with Crippen LogP contribution in [0.1, 0.15) is 30.6 Å². The number of hydrazine groups is 1. The van der Waals surface area contributed by atoms with Gasteiger partial charge in [0.1, 0.15) is 11.5 Å². The number of halogens is 3. The quantitative estimate of drug-likeness (QED) is 0.345. The van der Waals surface area contributed by atoms with Gasteiger partial charge in [-0.1, -0.05) is 46.1 Å². The largest absolute Gasteiger partial charge is 0.493 e. The summed E-state index contributed by atoms with van der Waals surface area (Å²) < 4.78 is 11.8. The molecule has 0 fully saturated rings. The van der Waals surface area contributed by atoms with E-state index in [4.69, 9.17) is 44.9 Å². The van der Waals surface area contributed by atoms with E-state index in [9.17, 15) is 9.59 Å². The Morgan fingerprint density at radius 3 is 2.52 bits per heavy atom. The van der Waals surface area contributed by atoms with Crippen molar-refractivity contribution in [2.24, 2.45) is 0 Å². The molecule has 11 heteroatoms. The Bertz CT molecular complexity index is 977. The van der Waals surface area contributed by atoms with Gasteiger partial charge in [0.15, 0.2) is 11.2 Å². The highest BCUT2D eigenvalue weighted by Gasteiger charge is 2.18. The highest BCUT2D eigenvalue weighted by Crippen LogP contribution is 2.28. The zero-order chi connectivity index (χ0) is 23.0. The monoisotopic (exact) mass is 547 g/mol. The van der Waals surface area contributed by atoms with Crippen molar-refractivity contribution in [1.29, 1.82) is 0 Å². The number of thiocarbonyl (C=S) groups is 1. The first-order chi connectivity index (χ1) is 14.7. The minimum atomic E-state index is -0.899. The molecule has 31 heavy (non-hydrogen) atoms. The van der Waals surface area contributed by atoms with E-state index in [-0.39, 0.29) is 10.1 Å². The molecule has 0 saturated heterocycles. The molecule has 2 aromatic rings. The average molecular weight is 549 g/mol. The van der Waals surface area contributed by atoms with Crippen molar-refractivity contribution in [2.45, 2.75) is 26.4 Å². The SMILES string of the molecule is CCCOc1ccc(Br)cc1C(=O)NC(=S)NNC(=O)C(C)Oc1ccc(Cl)cc1Cl. The second kappa shape index (κ2) is 12.1. The van der Waals surface area contributed by atoms with E-state index in [0.29, 0.717) is 33.2 Å². The van der Waals surface area contributed by atoms with E-state index in [0.717, 1.165) is 6.42 Å². The zero-order valence-corrected chi connectivity index (χ0v) is 20.5. The molecule has 0 heterocycles. The maximum atomic E-state index is 12.6. The summed E-state index contributed by atoms with van der Waals surface area (Å²) >= 11 is 20.3. The first-order valence-electron chi connectivity index (χ1n) is 9.16. The number of amides is 2. The molecular weight excluding hydrogens is 529 g/mol. The number of carbonyl (C=O) groups is 2. The molecule has 2 aromatic carbocycles. The number of carbonyl (C=O) groups excluding carboxylic acids is 2. The van der Waals surface area contributed by atoms with Crippen molar-refractivity contribution < 1.29 is 19.1 Å². The zero-order valence-electron chi connectivity index (χ0n) is 16.6. The summed E-state index contributed by atoms with van der Waals surface area (Å²) in [6, 6.07) is 9.74. The summed E-state index contributed by atoms with van der Waals surface area (Å²) in [7, 11) is 0. The smallest absolute Gasteiger partial charge is 0.279 e. The summed E-state index contributed by atoms with van der Waals surface area (Å²) in [4.78, 5) is 24.8. The molecule has 1 atom stereocenters. The van der Waals surface area contributed by atoms with Gasteiger partial charge in [-0.25, -0.2) is 0 Å². The first kappa shape index (κ1) is 25.2. The van der Waals surface area contributed by atoms with E-state index >= 15 is 0 Å². The standard InChI is InChI=1S/C20H20BrCl2N3O4S/c1-3-8-29-16-6-4-12(21)9-14(16)19(28)24-20(31)26-25-18(27)11(2)30-17-7-5-13(22)10-15(17)23/h4-7,9-11H,3,8H2,1-2H3,(H,25,27)(H2,24,26,28,31). The summed E-state index contributed by atoms with van der Waals surface area (Å²) in [6.45, 7) is 3.96. The van der Waals surface area contributed by atoms with Crippen LogP contribution >= 0.6 is 51.3 Å². The van der Waals surface area contributed by atoms with Crippen molar-refractivity contribution in [3.05, 3.63) is 56.5 Å². The molecule has 7 nitrogen and oxygen atoms in total. The lowest BCUT2D eigenvalue weighted by Crippen LogP contribution is -2.51. The molecule has 2 rings (SSSR count). The van der Waals surface area contributed by atoms with Gasteiger partial charge < -0.3 is 9.47 Å². The van der Waals surface area contributed by atoms with E-state index < -0.39 is 17.9 Å². The fourth-order valence-electron chi connectivity index (χ4n) is 2.25. The van der Waals surface area contributed by atoms with E-state index in [1.54, 1.807) is 30.3 Å². The Morgan fingerprint density at radius 2 is 1.84 bits per heavy atom. The number of benzene rings is 2. The van der Waals surface area contributed by atoms with Crippen LogP contribution in [0.5, 0.6) is 11.5 Å². The van der Waals surface area contributed by atoms with Gasteiger partial charge >= 0.3 is 0 Å². The lowest BCUT2D eigenvalue weighted by Gasteiger charge is -2.17. The molecule has 0 saturated carbocycles. The predicted octanol–water partition coefficient (Wildman–Crippen LogP) is 4.65. The van der Waals surface area contributed by atoms with Crippen molar-refractivity contribution in [3.8, 4) is 11.5 Å². The topological polar surface area (TPSA) is 88.7 Å². The fraction of sp³-hybridized carbons (Fsp3) is 0.250. The number of hydrogen-bond donors (Lipinski definition) is 3. The third-order valence-electron chi connectivity index (χ3n) is 3.74. The summed E-state index contributed by atoms with van der Waals surface area (Å²) in [6.07, 6.45) is -0.103. The Kier molecular flexibility index (Phi) is 9.83. The average Bonchev–Trinajstić information content (AvgIpc) is 2.72. The lowest BCUT2D eigenvalue weighted by molar-refractivity contribution is -0.127. The van der Waals surface area contributed by atoms with Crippen LogP contribution in [-0.4, -0.2) is 29.6 Å². The van der Waals surface area contributed by atoms with Crippen LogP contribution in [0.3, 0.4) is 0 Å². The third kappa shape index (κ3) is 7.84. The maximum absolute atomic E-state index is 12.6. The van der Waals surface area contributed by atoms with Gasteiger partial charge in [-0.15, -0.1) is 0 Å². The third-order valence-corrected chi connectivity index (χ3v) is 4.97. The van der Waals surface area contributed by atoms with Crippen LogP contribution in [0.4, 0.5) is 0 Å². The molecule has 0 aliphatic carbocycles. The van der Waals surface area contributed by atoms with Crippen LogP contribution in [-0.2, 0) is 4.79 Å². The Hall–Kier alpha value is -2.07. The Balaban J connectivity index is 1.90. The highest BCUT2D eigenvalue weighted by molar-refractivity contribution is 9.10. The van der Waals surface area contributed by atoms with Gasteiger partial charge in [-0.2, -0.15) is 0 Å². The molecular formula is C20H20BrCl2N3O4S. The second-order valence-corrected chi connectivity index (χ2v) is 8.39. The number of hydrogen-bond acceptors (Lipinski definition) is 5. The minimum Gasteiger partial charge on any atom is -0.493 e. The van der Waals surface area contributed by atoms with Gasteiger partial charge in [-0.05, 0) is 62.0 Å². The first-order valence-corrected chi connectivity index (χ1v) is 11.1. The molecule has 3 N–H and O–H groups in total. The molecule has 0 aliphatic rings. The van der Waals surface area contributed by atoms with Crippen molar-refractivity contribution >= 4 is 68.3 Å². The minimum absolute atomic E-state index is 0.100. The van der Waals surface area contributed by atoms with Gasteiger partial charge in [-0.3, -0.25) is 25.8 Å². The molecule has 0 bridgehead atoms. The van der Waals surface area contributed by atoms with Crippen molar-refractivity contribution in [3.63, 3.8) is 0 Å². The molecule has 166 valence electrons. The molecule has 0 radical (unpaired) electrons. The van der Waals surface area contributed by atoms with E-state index in [1.165, 1.54) is 13.0 Å².